The molecule has 0 spiro atoms. The van der Waals surface area contributed by atoms with Gasteiger partial charge in [-0.1, -0.05) is 6.07 Å². The highest BCUT2D eigenvalue weighted by atomic mass is 19.1. The van der Waals surface area contributed by atoms with Gasteiger partial charge in [0.15, 0.2) is 0 Å². The van der Waals surface area contributed by atoms with Crippen LogP contribution in [0.15, 0.2) is 42.6 Å². The van der Waals surface area contributed by atoms with Crippen LogP contribution in [0.1, 0.15) is 17.7 Å². The molecule has 0 aliphatic rings. The number of hydrogen-bond donors (Lipinski definition) is 0. The van der Waals surface area contributed by atoms with E-state index in [4.69, 9.17) is 4.74 Å². The molecule has 0 aliphatic heterocycles. The zero-order valence-corrected chi connectivity index (χ0v) is 12.6. The molecular weight excluding hydrogens is 286 g/mol. The summed E-state index contributed by atoms with van der Waals surface area (Å²) in [5.41, 5.74) is 1.54. The summed E-state index contributed by atoms with van der Waals surface area (Å²) in [6, 6.07) is 9.35. The minimum absolute atomic E-state index is 0.467. The fourth-order valence-electron chi connectivity index (χ4n) is 2.33. The van der Waals surface area contributed by atoms with Gasteiger partial charge in [-0.2, -0.15) is 0 Å². The first kappa shape index (κ1) is 16.5. The van der Waals surface area contributed by atoms with Gasteiger partial charge in [0, 0.05) is 45.6 Å². The first-order valence-electron chi connectivity index (χ1n) is 7.23. The summed E-state index contributed by atoms with van der Waals surface area (Å²) in [6.45, 7) is 2.51. The predicted octanol–water partition coefficient (Wildman–Crippen LogP) is 3.40. The summed E-state index contributed by atoms with van der Waals surface area (Å²) in [5.74, 6) is -1.10. The van der Waals surface area contributed by atoms with Crippen molar-refractivity contribution < 1.29 is 13.5 Å². The Morgan fingerprint density at radius 3 is 2.50 bits per heavy atom. The molecule has 2 aromatic rings. The monoisotopic (exact) mass is 306 g/mol. The van der Waals surface area contributed by atoms with E-state index in [0.29, 0.717) is 25.3 Å². The molecule has 2 rings (SSSR count). The predicted molar refractivity (Wildman–Crippen MR) is 81.2 cm³/mol. The van der Waals surface area contributed by atoms with E-state index < -0.39 is 11.6 Å². The second-order valence-corrected chi connectivity index (χ2v) is 5.16. The van der Waals surface area contributed by atoms with Crippen LogP contribution in [0.4, 0.5) is 8.78 Å². The first-order chi connectivity index (χ1) is 10.7. The zero-order chi connectivity index (χ0) is 15.8. The lowest BCUT2D eigenvalue weighted by Gasteiger charge is -2.22. The standard InChI is InChI=1S/C17H20F2N2O/c1-22-8-4-7-21(13-17-5-2-3-6-20-17)12-14-9-15(18)11-16(19)10-14/h2-3,5-6,9-11H,4,7-8,12-13H2,1H3. The molecule has 118 valence electrons. The van der Waals surface area contributed by atoms with Crippen molar-refractivity contribution in [1.82, 2.24) is 9.88 Å². The average molecular weight is 306 g/mol. The fraction of sp³-hybridized carbons (Fsp3) is 0.353. The third kappa shape index (κ3) is 5.50. The zero-order valence-electron chi connectivity index (χ0n) is 12.6. The van der Waals surface area contributed by atoms with Gasteiger partial charge in [-0.05, 0) is 36.2 Å². The second-order valence-electron chi connectivity index (χ2n) is 5.16. The number of ether oxygens (including phenoxy) is 1. The number of benzene rings is 1. The van der Waals surface area contributed by atoms with Crippen LogP contribution in [-0.4, -0.2) is 30.1 Å². The maximum absolute atomic E-state index is 13.3. The molecular formula is C17H20F2N2O. The Bertz CT molecular complexity index is 558. The molecule has 0 atom stereocenters. The van der Waals surface area contributed by atoms with Gasteiger partial charge in [0.1, 0.15) is 11.6 Å². The van der Waals surface area contributed by atoms with E-state index in [2.05, 4.69) is 9.88 Å². The normalized spacial score (nSPS) is 11.1. The highest BCUT2D eigenvalue weighted by Crippen LogP contribution is 2.13. The summed E-state index contributed by atoms with van der Waals surface area (Å²) >= 11 is 0. The Morgan fingerprint density at radius 1 is 1.09 bits per heavy atom. The Kier molecular flexibility index (Phi) is 6.43. The minimum atomic E-state index is -0.551. The van der Waals surface area contributed by atoms with E-state index >= 15 is 0 Å². The van der Waals surface area contributed by atoms with Crippen LogP contribution in [-0.2, 0) is 17.8 Å². The van der Waals surface area contributed by atoms with Crippen molar-refractivity contribution in [3.8, 4) is 0 Å². The smallest absolute Gasteiger partial charge is 0.126 e. The van der Waals surface area contributed by atoms with Crippen LogP contribution in [0.5, 0.6) is 0 Å². The number of halogens is 2. The van der Waals surface area contributed by atoms with E-state index in [9.17, 15) is 8.78 Å². The number of rotatable bonds is 8. The van der Waals surface area contributed by atoms with E-state index in [0.717, 1.165) is 24.7 Å². The summed E-state index contributed by atoms with van der Waals surface area (Å²) in [6.07, 6.45) is 2.59. The van der Waals surface area contributed by atoms with Crippen LogP contribution in [0.3, 0.4) is 0 Å². The quantitative estimate of drug-likeness (QED) is 0.699. The van der Waals surface area contributed by atoms with Crippen molar-refractivity contribution >= 4 is 0 Å². The van der Waals surface area contributed by atoms with E-state index in [-0.39, 0.29) is 0 Å². The van der Waals surface area contributed by atoms with Crippen LogP contribution >= 0.6 is 0 Å². The number of nitrogens with zero attached hydrogens (tertiary/aromatic N) is 2. The molecule has 0 unspecified atom stereocenters. The summed E-state index contributed by atoms with van der Waals surface area (Å²) in [5, 5.41) is 0. The van der Waals surface area contributed by atoms with Crippen molar-refractivity contribution in [2.24, 2.45) is 0 Å². The number of methoxy groups -OCH3 is 1. The second kappa shape index (κ2) is 8.56. The maximum Gasteiger partial charge on any atom is 0.126 e. The summed E-state index contributed by atoms with van der Waals surface area (Å²) < 4.78 is 31.7. The van der Waals surface area contributed by atoms with Gasteiger partial charge < -0.3 is 4.74 Å². The molecule has 0 radical (unpaired) electrons. The van der Waals surface area contributed by atoms with Gasteiger partial charge in [0.05, 0.1) is 5.69 Å². The molecule has 0 bridgehead atoms. The molecule has 1 heterocycles. The molecule has 0 N–H and O–H groups in total. The maximum atomic E-state index is 13.3. The van der Waals surface area contributed by atoms with Crippen molar-refractivity contribution in [2.45, 2.75) is 19.5 Å². The Hall–Kier alpha value is -1.85. The van der Waals surface area contributed by atoms with Crippen LogP contribution in [0, 0.1) is 11.6 Å². The van der Waals surface area contributed by atoms with Crippen molar-refractivity contribution in [2.75, 3.05) is 20.3 Å². The lowest BCUT2D eigenvalue weighted by Crippen LogP contribution is -2.25. The highest BCUT2D eigenvalue weighted by Gasteiger charge is 2.10. The van der Waals surface area contributed by atoms with Crippen LogP contribution < -0.4 is 0 Å². The molecule has 0 amide bonds. The van der Waals surface area contributed by atoms with E-state index in [1.165, 1.54) is 12.1 Å². The molecule has 1 aromatic heterocycles. The first-order valence-corrected chi connectivity index (χ1v) is 7.23. The molecule has 0 saturated heterocycles. The molecule has 0 saturated carbocycles. The molecule has 0 fully saturated rings. The molecule has 5 heteroatoms. The SMILES string of the molecule is COCCCN(Cc1cc(F)cc(F)c1)Cc1ccccn1. The third-order valence-electron chi connectivity index (χ3n) is 3.26. The Morgan fingerprint density at radius 2 is 1.86 bits per heavy atom. The average Bonchev–Trinajstić information content (AvgIpc) is 2.47. The molecule has 3 nitrogen and oxygen atoms in total. The van der Waals surface area contributed by atoms with Gasteiger partial charge in [-0.3, -0.25) is 9.88 Å². The minimum Gasteiger partial charge on any atom is -0.385 e. The Balaban J connectivity index is 2.06. The van der Waals surface area contributed by atoms with Gasteiger partial charge in [-0.15, -0.1) is 0 Å². The largest absolute Gasteiger partial charge is 0.385 e. The number of hydrogen-bond acceptors (Lipinski definition) is 3. The molecule has 1 aromatic carbocycles. The van der Waals surface area contributed by atoms with Crippen molar-refractivity contribution in [1.29, 1.82) is 0 Å². The molecule has 0 aliphatic carbocycles. The van der Waals surface area contributed by atoms with Gasteiger partial charge in [0.2, 0.25) is 0 Å². The topological polar surface area (TPSA) is 25.4 Å². The highest BCUT2D eigenvalue weighted by molar-refractivity contribution is 5.18. The Labute approximate surface area is 129 Å². The van der Waals surface area contributed by atoms with Crippen LogP contribution in [0.2, 0.25) is 0 Å². The fourth-order valence-corrected chi connectivity index (χ4v) is 2.33. The van der Waals surface area contributed by atoms with Crippen molar-refractivity contribution in [3.05, 3.63) is 65.5 Å². The van der Waals surface area contributed by atoms with E-state index in [1.54, 1.807) is 13.3 Å². The van der Waals surface area contributed by atoms with Gasteiger partial charge >= 0.3 is 0 Å². The van der Waals surface area contributed by atoms with Gasteiger partial charge in [-0.25, -0.2) is 8.78 Å². The summed E-state index contributed by atoms with van der Waals surface area (Å²) in [7, 11) is 1.66. The van der Waals surface area contributed by atoms with E-state index in [1.807, 2.05) is 18.2 Å². The summed E-state index contributed by atoms with van der Waals surface area (Å²) in [4.78, 5) is 6.41. The molecule has 22 heavy (non-hydrogen) atoms. The number of pyridine rings is 1. The van der Waals surface area contributed by atoms with Gasteiger partial charge in [0.25, 0.3) is 0 Å². The lowest BCUT2D eigenvalue weighted by atomic mass is 10.2. The van der Waals surface area contributed by atoms with Crippen LogP contribution in [0.25, 0.3) is 0 Å². The number of aromatic nitrogens is 1. The van der Waals surface area contributed by atoms with Crippen molar-refractivity contribution in [3.63, 3.8) is 0 Å². The lowest BCUT2D eigenvalue weighted by molar-refractivity contribution is 0.166. The third-order valence-corrected chi connectivity index (χ3v) is 3.26.